The highest BCUT2D eigenvalue weighted by molar-refractivity contribution is 5.82. The second-order valence-electron chi connectivity index (χ2n) is 8.03. The maximum atomic E-state index is 13.1. The molecule has 4 rings (SSSR count). The summed E-state index contributed by atoms with van der Waals surface area (Å²) in [4.78, 5) is 14.8. The van der Waals surface area contributed by atoms with E-state index in [4.69, 9.17) is 4.74 Å². The largest absolute Gasteiger partial charge is 0.416 e. The maximum absolute atomic E-state index is 13.1. The van der Waals surface area contributed by atoms with Gasteiger partial charge in [-0.1, -0.05) is 24.3 Å². The number of alkyl halides is 3. The van der Waals surface area contributed by atoms with Crippen molar-refractivity contribution in [2.24, 2.45) is 5.92 Å². The van der Waals surface area contributed by atoms with E-state index < -0.39 is 11.7 Å². The number of rotatable bonds is 6. The van der Waals surface area contributed by atoms with Crippen LogP contribution in [0, 0.1) is 11.7 Å². The molecule has 166 valence electrons. The van der Waals surface area contributed by atoms with Crippen molar-refractivity contribution in [3.63, 3.8) is 0 Å². The van der Waals surface area contributed by atoms with Crippen LogP contribution in [0.1, 0.15) is 35.1 Å². The molecule has 31 heavy (non-hydrogen) atoms. The van der Waals surface area contributed by atoms with E-state index in [1.165, 1.54) is 24.3 Å². The van der Waals surface area contributed by atoms with E-state index >= 15 is 0 Å². The van der Waals surface area contributed by atoms with Crippen LogP contribution >= 0.6 is 0 Å². The van der Waals surface area contributed by atoms with Crippen LogP contribution in [0.4, 0.5) is 17.6 Å². The van der Waals surface area contributed by atoms with Crippen LogP contribution in [0.25, 0.3) is 0 Å². The molecule has 2 aliphatic rings. The summed E-state index contributed by atoms with van der Waals surface area (Å²) in [6.45, 7) is 2.67. The Hall–Kier alpha value is -2.45. The summed E-state index contributed by atoms with van der Waals surface area (Å²) < 4.78 is 57.3. The van der Waals surface area contributed by atoms with E-state index in [0.717, 1.165) is 23.3 Å². The summed E-state index contributed by atoms with van der Waals surface area (Å²) in [5, 5.41) is 2.98. The molecule has 1 aliphatic heterocycles. The molecule has 3 atom stereocenters. The van der Waals surface area contributed by atoms with E-state index in [9.17, 15) is 22.4 Å². The number of nitrogens with zero attached hydrogens (tertiary/aromatic N) is 1. The molecule has 3 unspecified atom stereocenters. The zero-order chi connectivity index (χ0) is 22.0. The highest BCUT2D eigenvalue weighted by Crippen LogP contribution is 2.47. The smallest absolute Gasteiger partial charge is 0.379 e. The van der Waals surface area contributed by atoms with Gasteiger partial charge in [0.15, 0.2) is 0 Å². The zero-order valence-electron chi connectivity index (χ0n) is 16.9. The fraction of sp³-hybridized carbons (Fsp3) is 0.435. The Bertz CT molecular complexity index is 893. The van der Waals surface area contributed by atoms with Gasteiger partial charge in [-0.2, -0.15) is 13.2 Å². The maximum Gasteiger partial charge on any atom is 0.416 e. The molecule has 0 radical (unpaired) electrons. The first-order valence-electron chi connectivity index (χ1n) is 10.3. The van der Waals surface area contributed by atoms with Crippen molar-refractivity contribution in [2.75, 3.05) is 32.8 Å². The van der Waals surface area contributed by atoms with Crippen molar-refractivity contribution in [1.82, 2.24) is 10.2 Å². The first kappa shape index (κ1) is 21.8. The molecular formula is C23H24F4N2O2. The summed E-state index contributed by atoms with van der Waals surface area (Å²) in [6, 6.07) is 11.1. The van der Waals surface area contributed by atoms with Crippen LogP contribution in [-0.2, 0) is 15.7 Å². The molecule has 0 spiro atoms. The van der Waals surface area contributed by atoms with Crippen molar-refractivity contribution in [2.45, 2.75) is 24.6 Å². The van der Waals surface area contributed by atoms with Crippen LogP contribution in [0.2, 0.25) is 0 Å². The summed E-state index contributed by atoms with van der Waals surface area (Å²) in [5.41, 5.74) is 0.969. The number of hydrogen-bond donors (Lipinski definition) is 1. The quantitative estimate of drug-likeness (QED) is 0.693. The van der Waals surface area contributed by atoms with Gasteiger partial charge >= 0.3 is 6.18 Å². The lowest BCUT2D eigenvalue weighted by atomic mass is 10.0. The van der Waals surface area contributed by atoms with Gasteiger partial charge in [-0.05, 0) is 47.7 Å². The van der Waals surface area contributed by atoms with Crippen molar-refractivity contribution < 1.29 is 27.1 Å². The number of benzene rings is 2. The van der Waals surface area contributed by atoms with Gasteiger partial charge in [-0.25, -0.2) is 4.39 Å². The molecule has 0 bridgehead atoms. The molecule has 4 nitrogen and oxygen atoms in total. The van der Waals surface area contributed by atoms with Gasteiger partial charge in [0.2, 0.25) is 5.91 Å². The SMILES string of the molecule is O=C(NCC(c1ccc(C(F)(F)F)cc1)N1CCOCC1)C1CC1c1ccc(F)cc1. The summed E-state index contributed by atoms with van der Waals surface area (Å²) >= 11 is 0. The van der Waals surface area contributed by atoms with Crippen LogP contribution in [0.5, 0.6) is 0 Å². The minimum atomic E-state index is -4.39. The minimum absolute atomic E-state index is 0.0773. The normalized spacial score (nSPS) is 22.7. The Morgan fingerprint density at radius 2 is 1.71 bits per heavy atom. The average Bonchev–Trinajstić information content (AvgIpc) is 3.56. The van der Waals surface area contributed by atoms with E-state index in [0.29, 0.717) is 39.3 Å². The lowest BCUT2D eigenvalue weighted by Gasteiger charge is -2.35. The monoisotopic (exact) mass is 436 g/mol. The van der Waals surface area contributed by atoms with E-state index in [1.54, 1.807) is 12.1 Å². The van der Waals surface area contributed by atoms with Crippen LogP contribution in [0.3, 0.4) is 0 Å². The summed E-state index contributed by atoms with van der Waals surface area (Å²) in [7, 11) is 0. The van der Waals surface area contributed by atoms with Crippen molar-refractivity contribution in [3.05, 3.63) is 71.0 Å². The molecule has 1 aliphatic carbocycles. The van der Waals surface area contributed by atoms with Crippen LogP contribution in [-0.4, -0.2) is 43.7 Å². The molecule has 1 saturated carbocycles. The molecule has 1 amide bonds. The average molecular weight is 436 g/mol. The fourth-order valence-electron chi connectivity index (χ4n) is 4.13. The van der Waals surface area contributed by atoms with Gasteiger partial charge < -0.3 is 10.1 Å². The number of carbonyl (C=O) groups excluding carboxylic acids is 1. The Balaban J connectivity index is 1.42. The zero-order valence-corrected chi connectivity index (χ0v) is 16.9. The van der Waals surface area contributed by atoms with E-state index in [-0.39, 0.29) is 29.6 Å². The van der Waals surface area contributed by atoms with E-state index in [1.807, 2.05) is 0 Å². The standard InChI is InChI=1S/C23H24F4N2O2/c24-18-7-3-15(4-8-18)19-13-20(19)22(30)28-14-21(29-9-11-31-12-10-29)16-1-5-17(6-2-16)23(25,26)27/h1-8,19-21H,9-14H2,(H,28,30). The van der Waals surface area contributed by atoms with Crippen molar-refractivity contribution in [1.29, 1.82) is 0 Å². The number of morpholine rings is 1. The first-order valence-corrected chi connectivity index (χ1v) is 10.3. The molecule has 1 heterocycles. The van der Waals surface area contributed by atoms with Crippen LogP contribution in [0.15, 0.2) is 48.5 Å². The minimum Gasteiger partial charge on any atom is -0.379 e. The van der Waals surface area contributed by atoms with Gasteiger partial charge in [-0.3, -0.25) is 9.69 Å². The van der Waals surface area contributed by atoms with Gasteiger partial charge in [0.25, 0.3) is 0 Å². The Morgan fingerprint density at radius 1 is 1.06 bits per heavy atom. The van der Waals surface area contributed by atoms with Gasteiger partial charge in [-0.15, -0.1) is 0 Å². The number of nitrogens with one attached hydrogen (secondary N) is 1. The topological polar surface area (TPSA) is 41.6 Å². The Morgan fingerprint density at radius 3 is 2.32 bits per heavy atom. The fourth-order valence-corrected chi connectivity index (χ4v) is 4.13. The van der Waals surface area contributed by atoms with E-state index in [2.05, 4.69) is 10.2 Å². The molecular weight excluding hydrogens is 412 g/mol. The first-order chi connectivity index (χ1) is 14.8. The highest BCUT2D eigenvalue weighted by Gasteiger charge is 2.44. The lowest BCUT2D eigenvalue weighted by Crippen LogP contribution is -2.44. The third-order valence-corrected chi connectivity index (χ3v) is 6.00. The highest BCUT2D eigenvalue weighted by atomic mass is 19.4. The molecule has 8 heteroatoms. The van der Waals surface area contributed by atoms with Gasteiger partial charge in [0.05, 0.1) is 24.8 Å². The van der Waals surface area contributed by atoms with Crippen molar-refractivity contribution in [3.8, 4) is 0 Å². The number of carbonyl (C=O) groups is 1. The summed E-state index contributed by atoms with van der Waals surface area (Å²) in [6.07, 6.45) is -3.68. The predicted octanol–water partition coefficient (Wildman–Crippen LogP) is 4.14. The third-order valence-electron chi connectivity index (χ3n) is 6.00. The molecule has 2 aromatic carbocycles. The third kappa shape index (κ3) is 5.25. The summed E-state index contributed by atoms with van der Waals surface area (Å²) in [5.74, 6) is -0.480. The number of amides is 1. The second-order valence-corrected chi connectivity index (χ2v) is 8.03. The Kier molecular flexibility index (Phi) is 6.29. The van der Waals surface area contributed by atoms with Gasteiger partial charge in [0.1, 0.15) is 5.82 Å². The molecule has 0 aromatic heterocycles. The lowest BCUT2D eigenvalue weighted by molar-refractivity contribution is -0.137. The number of halogens is 4. The number of ether oxygens (including phenoxy) is 1. The second kappa shape index (κ2) is 8.96. The van der Waals surface area contributed by atoms with Gasteiger partial charge in [0, 0.05) is 25.6 Å². The number of hydrogen-bond acceptors (Lipinski definition) is 3. The molecule has 1 N–H and O–H groups in total. The molecule has 2 aromatic rings. The van der Waals surface area contributed by atoms with Crippen molar-refractivity contribution >= 4 is 5.91 Å². The molecule has 2 fully saturated rings. The van der Waals surface area contributed by atoms with Crippen LogP contribution < -0.4 is 5.32 Å². The predicted molar refractivity (Wildman–Crippen MR) is 107 cm³/mol. The Labute approximate surface area is 178 Å². The molecule has 1 saturated heterocycles.